The molecule has 0 aliphatic heterocycles. The Bertz CT molecular complexity index is 4280. The van der Waals surface area contributed by atoms with Crippen molar-refractivity contribution in [1.29, 1.82) is 0 Å². The lowest BCUT2D eigenvalue weighted by Gasteiger charge is -2.29. The van der Waals surface area contributed by atoms with Crippen LogP contribution in [0.4, 0.5) is 17.1 Å². The van der Waals surface area contributed by atoms with Crippen molar-refractivity contribution < 1.29 is 4.42 Å². The molecule has 1 aliphatic rings. The molecule has 0 saturated heterocycles. The van der Waals surface area contributed by atoms with Crippen molar-refractivity contribution in [3.8, 4) is 11.1 Å². The largest absolute Gasteiger partial charge is 0.456 e. The Balaban J connectivity index is 1.17. The lowest BCUT2D eigenvalue weighted by atomic mass is 9.82. The van der Waals surface area contributed by atoms with Crippen LogP contribution in [0.3, 0.4) is 0 Å². The zero-order chi connectivity index (χ0) is 43.7. The minimum atomic E-state index is -0.174. The molecule has 310 valence electrons. The lowest BCUT2D eigenvalue weighted by Crippen LogP contribution is -2.16. The van der Waals surface area contributed by atoms with E-state index < -0.39 is 0 Å². The molecule has 0 fully saturated rings. The molecule has 2 nitrogen and oxygen atoms in total. The van der Waals surface area contributed by atoms with Crippen molar-refractivity contribution in [3.63, 3.8) is 0 Å². The summed E-state index contributed by atoms with van der Waals surface area (Å²) < 4.78 is 9.18. The van der Waals surface area contributed by atoms with Crippen LogP contribution >= 0.6 is 11.3 Å². The third-order valence-corrected chi connectivity index (χ3v) is 15.6. The highest BCUT2D eigenvalue weighted by atomic mass is 32.1. The number of fused-ring (bicyclic) bond motifs is 19. The van der Waals surface area contributed by atoms with E-state index >= 15 is 0 Å². The number of furan rings is 1. The first-order chi connectivity index (χ1) is 32.5. The minimum Gasteiger partial charge on any atom is -0.456 e. The topological polar surface area (TPSA) is 16.4 Å². The predicted octanol–water partition coefficient (Wildman–Crippen LogP) is 18.6. The predicted molar refractivity (Wildman–Crippen MR) is 284 cm³/mol. The van der Waals surface area contributed by atoms with Crippen LogP contribution < -0.4 is 4.90 Å². The smallest absolute Gasteiger partial charge is 0.137 e. The van der Waals surface area contributed by atoms with Gasteiger partial charge < -0.3 is 9.32 Å². The molecule has 11 aromatic carbocycles. The van der Waals surface area contributed by atoms with E-state index in [9.17, 15) is 0 Å². The highest BCUT2D eigenvalue weighted by molar-refractivity contribution is 7.25. The Kier molecular flexibility index (Phi) is 7.94. The van der Waals surface area contributed by atoms with Crippen LogP contribution in [0.15, 0.2) is 217 Å². The maximum Gasteiger partial charge on any atom is 0.137 e. The van der Waals surface area contributed by atoms with Gasteiger partial charge in [0, 0.05) is 42.3 Å². The van der Waals surface area contributed by atoms with Gasteiger partial charge in [0.1, 0.15) is 11.2 Å². The second-order valence-electron chi connectivity index (χ2n) is 18.3. The van der Waals surface area contributed by atoms with E-state index in [1.54, 1.807) is 0 Å². The average Bonchev–Trinajstić information content (AvgIpc) is 4.01. The first-order valence-electron chi connectivity index (χ1n) is 22.8. The van der Waals surface area contributed by atoms with Crippen LogP contribution in [0.2, 0.25) is 0 Å². The van der Waals surface area contributed by atoms with E-state index in [0.29, 0.717) is 0 Å². The number of benzene rings is 10. The molecule has 0 bridgehead atoms. The molecular weight excluding hydrogens is 819 g/mol. The molecule has 0 radical (unpaired) electrons. The molecule has 0 saturated carbocycles. The monoisotopic (exact) mass is 859 g/mol. The van der Waals surface area contributed by atoms with E-state index in [1.165, 1.54) is 96.3 Å². The fourth-order valence-electron chi connectivity index (χ4n) is 11.4. The molecular formula is C63H41NOS. The lowest BCUT2D eigenvalue weighted by molar-refractivity contribution is 0.660. The van der Waals surface area contributed by atoms with Crippen LogP contribution in [-0.4, -0.2) is 0 Å². The summed E-state index contributed by atoms with van der Waals surface area (Å²) in [5.74, 6) is 0. The minimum absolute atomic E-state index is 0.174. The van der Waals surface area contributed by atoms with Crippen molar-refractivity contribution in [2.45, 2.75) is 19.3 Å². The average molecular weight is 860 g/mol. The highest BCUT2D eigenvalue weighted by Gasteiger charge is 2.36. The Morgan fingerprint density at radius 3 is 1.59 bits per heavy atom. The Labute approximate surface area is 385 Å². The SMILES string of the molecule is CC1(C)c2ccccc2-c2ccc(N(c3ccc4c5ccccc5c5ccccc5c5ccccc5c5cc6c(cc5c4c3)sc3ccccc36)c3cccc4oc5ccccc5c34)cc21. The zero-order valence-electron chi connectivity index (χ0n) is 36.5. The number of thiophene rings is 1. The quantitative estimate of drug-likeness (QED) is 0.176. The number of nitrogens with zero attached hydrogens (tertiary/aromatic N) is 1. The van der Waals surface area contributed by atoms with Gasteiger partial charge >= 0.3 is 0 Å². The summed E-state index contributed by atoms with van der Waals surface area (Å²) in [7, 11) is 0. The summed E-state index contributed by atoms with van der Waals surface area (Å²) in [5, 5.41) is 16.9. The number of anilines is 3. The second kappa shape index (κ2) is 14.0. The van der Waals surface area contributed by atoms with Gasteiger partial charge in [-0.05, 0) is 137 Å². The molecule has 14 rings (SSSR count). The Hall–Kier alpha value is -7.98. The molecule has 0 atom stereocenters. The normalized spacial score (nSPS) is 13.1. The van der Waals surface area contributed by atoms with E-state index in [-0.39, 0.29) is 5.41 Å². The first-order valence-corrected chi connectivity index (χ1v) is 23.6. The van der Waals surface area contributed by atoms with Gasteiger partial charge in [-0.25, -0.2) is 0 Å². The molecule has 0 spiro atoms. The van der Waals surface area contributed by atoms with Gasteiger partial charge in [-0.1, -0.05) is 166 Å². The molecule has 13 aromatic rings. The molecule has 1 aliphatic carbocycles. The third kappa shape index (κ3) is 5.35. The fourth-order valence-corrected chi connectivity index (χ4v) is 12.5. The maximum absolute atomic E-state index is 6.60. The van der Waals surface area contributed by atoms with Gasteiger partial charge in [0.15, 0.2) is 0 Å². The summed E-state index contributed by atoms with van der Waals surface area (Å²) in [6.07, 6.45) is 0. The van der Waals surface area contributed by atoms with Crippen molar-refractivity contribution in [3.05, 3.63) is 223 Å². The molecule has 0 unspecified atom stereocenters. The Morgan fingerprint density at radius 1 is 0.348 bits per heavy atom. The summed E-state index contributed by atoms with van der Waals surface area (Å²) in [6.45, 7) is 4.73. The van der Waals surface area contributed by atoms with Crippen LogP contribution in [0.1, 0.15) is 25.0 Å². The van der Waals surface area contributed by atoms with Crippen LogP contribution in [0.25, 0.3) is 107 Å². The summed E-state index contributed by atoms with van der Waals surface area (Å²) in [6, 6.07) is 78.9. The first kappa shape index (κ1) is 37.4. The molecule has 2 heterocycles. The number of hydrogen-bond acceptors (Lipinski definition) is 3. The summed E-state index contributed by atoms with van der Waals surface area (Å²) in [4.78, 5) is 2.48. The van der Waals surface area contributed by atoms with E-state index in [1.807, 2.05) is 11.3 Å². The van der Waals surface area contributed by atoms with Crippen molar-refractivity contribution in [1.82, 2.24) is 0 Å². The second-order valence-corrected chi connectivity index (χ2v) is 19.4. The Morgan fingerprint density at radius 2 is 0.864 bits per heavy atom. The van der Waals surface area contributed by atoms with Crippen LogP contribution in [-0.2, 0) is 5.41 Å². The standard InChI is InChI=1S/C63H41NOS/c1-63(2)55-25-12-9-22-47(55)48-33-31-39(35-56(48)63)64(57-26-15-28-59-62(57)50-24-10-13-27-58(50)65-59)38-30-32-46-44-20-6-5-18-42(44)40-16-3-4-17-41(40)43-19-7-8-21-45(43)52-36-54-49-23-11-14-29-60(49)66-61(54)37-53(52)51(46)34-38/h3-37H,1-2H3. The fraction of sp³-hybridized carbons (Fsp3) is 0.0476. The number of hydrogen-bond donors (Lipinski definition) is 0. The van der Waals surface area contributed by atoms with Gasteiger partial charge in [0.2, 0.25) is 0 Å². The summed E-state index contributed by atoms with van der Waals surface area (Å²) >= 11 is 1.88. The molecule has 0 amide bonds. The van der Waals surface area contributed by atoms with Crippen molar-refractivity contribution >= 4 is 124 Å². The highest BCUT2D eigenvalue weighted by Crippen LogP contribution is 2.52. The van der Waals surface area contributed by atoms with E-state index in [4.69, 9.17) is 4.42 Å². The maximum atomic E-state index is 6.60. The molecule has 3 heteroatoms. The van der Waals surface area contributed by atoms with E-state index in [2.05, 4.69) is 231 Å². The van der Waals surface area contributed by atoms with Gasteiger partial charge in [0.05, 0.1) is 11.1 Å². The molecule has 0 N–H and O–H groups in total. The van der Waals surface area contributed by atoms with Gasteiger partial charge in [0.25, 0.3) is 0 Å². The number of para-hydroxylation sites is 1. The zero-order valence-corrected chi connectivity index (χ0v) is 37.3. The van der Waals surface area contributed by atoms with Crippen LogP contribution in [0, 0.1) is 0 Å². The van der Waals surface area contributed by atoms with E-state index in [0.717, 1.165) is 39.0 Å². The van der Waals surface area contributed by atoms with Gasteiger partial charge in [-0.2, -0.15) is 0 Å². The van der Waals surface area contributed by atoms with Gasteiger partial charge in [-0.15, -0.1) is 11.3 Å². The van der Waals surface area contributed by atoms with Crippen LogP contribution in [0.5, 0.6) is 0 Å². The number of rotatable bonds is 3. The van der Waals surface area contributed by atoms with Crippen molar-refractivity contribution in [2.75, 3.05) is 4.90 Å². The van der Waals surface area contributed by atoms with Crippen molar-refractivity contribution in [2.24, 2.45) is 0 Å². The molecule has 2 aromatic heterocycles. The van der Waals surface area contributed by atoms with Gasteiger partial charge in [-0.3, -0.25) is 0 Å². The molecule has 66 heavy (non-hydrogen) atoms. The summed E-state index contributed by atoms with van der Waals surface area (Å²) in [5.41, 5.74) is 10.1. The third-order valence-electron chi connectivity index (χ3n) is 14.5.